The Balaban J connectivity index is 1.73. The molecule has 2 heterocycles. The van der Waals surface area contributed by atoms with Gasteiger partial charge in [0.15, 0.2) is 0 Å². The van der Waals surface area contributed by atoms with E-state index in [1.807, 2.05) is 35.1 Å². The number of ether oxygens (including phenoxy) is 2. The maximum atomic E-state index is 5.50. The molecule has 0 radical (unpaired) electrons. The third-order valence-electron chi connectivity index (χ3n) is 4.42. The van der Waals surface area contributed by atoms with Gasteiger partial charge in [-0.25, -0.2) is 9.98 Å². The van der Waals surface area contributed by atoms with Gasteiger partial charge < -0.3 is 9.47 Å². The Morgan fingerprint density at radius 1 is 1.00 bits per heavy atom. The van der Waals surface area contributed by atoms with E-state index in [0.717, 1.165) is 12.2 Å². The molecule has 6 nitrogen and oxygen atoms in total. The van der Waals surface area contributed by atoms with Crippen molar-refractivity contribution < 1.29 is 9.47 Å². The Bertz CT molecular complexity index is 780. The lowest BCUT2D eigenvalue weighted by Gasteiger charge is -2.26. The van der Waals surface area contributed by atoms with Crippen LogP contribution in [0.2, 0.25) is 0 Å². The van der Waals surface area contributed by atoms with Gasteiger partial charge >= 0.3 is 0 Å². The molecule has 0 N–H and O–H groups in total. The van der Waals surface area contributed by atoms with Gasteiger partial charge in [-0.3, -0.25) is 4.68 Å². The average Bonchev–Trinajstić information content (AvgIpc) is 3.08. The number of methoxy groups -OCH3 is 2. The SMILES string of the molecule is COC1=N[C@H](C(C)C)C(OC)=N[C@H]1Cc1ccn(Cc2ccccc2)n1. The molecule has 1 aliphatic rings. The molecule has 0 aliphatic carbocycles. The zero-order valence-corrected chi connectivity index (χ0v) is 15.8. The van der Waals surface area contributed by atoms with Crippen molar-refractivity contribution in [3.8, 4) is 0 Å². The molecule has 1 aliphatic heterocycles. The molecular formula is C20H26N4O2. The first-order valence-corrected chi connectivity index (χ1v) is 8.90. The number of nitrogens with zero attached hydrogens (tertiary/aromatic N) is 4. The summed E-state index contributed by atoms with van der Waals surface area (Å²) in [6.07, 6.45) is 2.62. The van der Waals surface area contributed by atoms with E-state index >= 15 is 0 Å². The normalized spacial score (nSPS) is 19.9. The molecule has 26 heavy (non-hydrogen) atoms. The van der Waals surface area contributed by atoms with Crippen LogP contribution in [0, 0.1) is 5.92 Å². The van der Waals surface area contributed by atoms with Gasteiger partial charge in [0.25, 0.3) is 0 Å². The number of aromatic nitrogens is 2. The van der Waals surface area contributed by atoms with Crippen LogP contribution in [0.3, 0.4) is 0 Å². The van der Waals surface area contributed by atoms with Crippen molar-refractivity contribution in [2.45, 2.75) is 38.9 Å². The second kappa shape index (κ2) is 8.17. The molecule has 0 saturated carbocycles. The van der Waals surface area contributed by atoms with E-state index in [1.165, 1.54) is 5.56 Å². The summed E-state index contributed by atoms with van der Waals surface area (Å²) < 4.78 is 12.9. The van der Waals surface area contributed by atoms with Crippen molar-refractivity contribution in [3.63, 3.8) is 0 Å². The van der Waals surface area contributed by atoms with Crippen LogP contribution in [-0.2, 0) is 22.4 Å². The standard InChI is InChI=1S/C20H26N4O2/c1-14(2)18-20(26-4)21-17(19(22-18)25-3)12-16-10-11-24(23-16)13-15-8-6-5-7-9-15/h5-11,14,17-18H,12-13H2,1-4H3/t17-,18+/m0/s1. The summed E-state index contributed by atoms with van der Waals surface area (Å²) in [7, 11) is 3.29. The van der Waals surface area contributed by atoms with E-state index in [2.05, 4.69) is 31.1 Å². The molecule has 1 aromatic heterocycles. The largest absolute Gasteiger partial charge is 0.483 e. The van der Waals surface area contributed by atoms with Gasteiger partial charge in [-0.05, 0) is 17.5 Å². The molecule has 138 valence electrons. The van der Waals surface area contributed by atoms with Crippen LogP contribution >= 0.6 is 0 Å². The highest BCUT2D eigenvalue weighted by Crippen LogP contribution is 2.19. The molecule has 3 rings (SSSR count). The van der Waals surface area contributed by atoms with Gasteiger partial charge in [0, 0.05) is 12.6 Å². The predicted molar refractivity (Wildman–Crippen MR) is 103 cm³/mol. The molecule has 0 saturated heterocycles. The van der Waals surface area contributed by atoms with Crippen LogP contribution < -0.4 is 0 Å². The third-order valence-corrected chi connectivity index (χ3v) is 4.42. The van der Waals surface area contributed by atoms with Crippen LogP contribution in [0.25, 0.3) is 0 Å². The van der Waals surface area contributed by atoms with Crippen LogP contribution in [0.4, 0.5) is 0 Å². The highest BCUT2D eigenvalue weighted by atomic mass is 16.5. The summed E-state index contributed by atoms with van der Waals surface area (Å²) >= 11 is 0. The number of aliphatic imine (C=N–C) groups is 2. The van der Waals surface area contributed by atoms with Gasteiger partial charge in [-0.1, -0.05) is 44.2 Å². The summed E-state index contributed by atoms with van der Waals surface area (Å²) in [5, 5.41) is 4.67. The first-order chi connectivity index (χ1) is 12.6. The predicted octanol–water partition coefficient (Wildman–Crippen LogP) is 2.97. The molecule has 0 amide bonds. The van der Waals surface area contributed by atoms with Crippen molar-refractivity contribution in [1.82, 2.24) is 9.78 Å². The van der Waals surface area contributed by atoms with Gasteiger partial charge in [-0.15, -0.1) is 0 Å². The molecule has 0 fully saturated rings. The fourth-order valence-electron chi connectivity index (χ4n) is 3.06. The first-order valence-electron chi connectivity index (χ1n) is 8.90. The lowest BCUT2D eigenvalue weighted by atomic mass is 10.0. The van der Waals surface area contributed by atoms with Crippen molar-refractivity contribution in [3.05, 3.63) is 53.9 Å². The van der Waals surface area contributed by atoms with Crippen LogP contribution in [0.1, 0.15) is 25.1 Å². The Morgan fingerprint density at radius 3 is 2.38 bits per heavy atom. The van der Waals surface area contributed by atoms with Gasteiger partial charge in [0.1, 0.15) is 12.1 Å². The number of hydrogen-bond donors (Lipinski definition) is 0. The fraction of sp³-hybridized carbons (Fsp3) is 0.450. The molecule has 0 bridgehead atoms. The minimum absolute atomic E-state index is 0.0955. The van der Waals surface area contributed by atoms with Crippen LogP contribution in [0.15, 0.2) is 52.6 Å². The zero-order valence-electron chi connectivity index (χ0n) is 15.8. The molecule has 1 aromatic carbocycles. The summed E-state index contributed by atoms with van der Waals surface area (Å²) in [6, 6.07) is 12.0. The Morgan fingerprint density at radius 2 is 1.73 bits per heavy atom. The van der Waals surface area contributed by atoms with Crippen molar-refractivity contribution in [2.24, 2.45) is 15.9 Å². The fourth-order valence-corrected chi connectivity index (χ4v) is 3.06. The highest BCUT2D eigenvalue weighted by Gasteiger charge is 2.31. The van der Waals surface area contributed by atoms with E-state index in [9.17, 15) is 0 Å². The van der Waals surface area contributed by atoms with Gasteiger partial charge in [0.2, 0.25) is 11.8 Å². The quantitative estimate of drug-likeness (QED) is 0.829. The Kier molecular flexibility index (Phi) is 5.71. The van der Waals surface area contributed by atoms with E-state index in [0.29, 0.717) is 24.1 Å². The number of benzene rings is 1. The molecule has 0 spiro atoms. The second-order valence-electron chi connectivity index (χ2n) is 6.74. The van der Waals surface area contributed by atoms with E-state index in [-0.39, 0.29) is 12.1 Å². The van der Waals surface area contributed by atoms with Crippen LogP contribution in [0.5, 0.6) is 0 Å². The average molecular weight is 354 g/mol. The molecule has 2 aromatic rings. The van der Waals surface area contributed by atoms with E-state index in [1.54, 1.807) is 14.2 Å². The van der Waals surface area contributed by atoms with Crippen molar-refractivity contribution in [1.29, 1.82) is 0 Å². The minimum Gasteiger partial charge on any atom is -0.483 e. The minimum atomic E-state index is -0.204. The smallest absolute Gasteiger partial charge is 0.209 e. The van der Waals surface area contributed by atoms with Gasteiger partial charge in [0.05, 0.1) is 26.5 Å². The second-order valence-corrected chi connectivity index (χ2v) is 6.74. The Labute approximate surface area is 154 Å². The number of hydrogen-bond acceptors (Lipinski definition) is 5. The van der Waals surface area contributed by atoms with Crippen molar-refractivity contribution in [2.75, 3.05) is 14.2 Å². The van der Waals surface area contributed by atoms with E-state index < -0.39 is 0 Å². The third kappa shape index (κ3) is 4.12. The first kappa shape index (κ1) is 18.2. The molecular weight excluding hydrogens is 328 g/mol. The summed E-state index contributed by atoms with van der Waals surface area (Å²) in [5.74, 6) is 1.60. The summed E-state index contributed by atoms with van der Waals surface area (Å²) in [5.41, 5.74) is 2.18. The monoisotopic (exact) mass is 354 g/mol. The zero-order chi connectivity index (χ0) is 18.5. The van der Waals surface area contributed by atoms with Gasteiger partial charge in [-0.2, -0.15) is 5.10 Å². The number of rotatable bonds is 5. The lowest BCUT2D eigenvalue weighted by Crippen LogP contribution is -2.38. The molecule has 6 heteroatoms. The Hall–Kier alpha value is -2.63. The summed E-state index contributed by atoms with van der Waals surface area (Å²) in [6.45, 7) is 4.95. The lowest BCUT2D eigenvalue weighted by molar-refractivity contribution is 0.332. The topological polar surface area (TPSA) is 61.0 Å². The highest BCUT2D eigenvalue weighted by molar-refractivity contribution is 5.94. The van der Waals surface area contributed by atoms with Crippen molar-refractivity contribution >= 4 is 11.8 Å². The maximum absolute atomic E-state index is 5.50. The van der Waals surface area contributed by atoms with E-state index in [4.69, 9.17) is 19.5 Å². The molecule has 2 atom stereocenters. The van der Waals surface area contributed by atoms with Crippen LogP contribution in [-0.4, -0.2) is 47.9 Å². The maximum Gasteiger partial charge on any atom is 0.209 e. The summed E-state index contributed by atoms with van der Waals surface area (Å²) in [4.78, 5) is 9.44. The molecule has 0 unspecified atom stereocenters.